The first-order valence-corrected chi connectivity index (χ1v) is 11.0. The third-order valence-corrected chi connectivity index (χ3v) is 6.75. The Morgan fingerprint density at radius 3 is 2.07 bits per heavy atom. The molecule has 0 radical (unpaired) electrons. The van der Waals surface area contributed by atoms with Gasteiger partial charge in [0.2, 0.25) is 0 Å². The van der Waals surface area contributed by atoms with Crippen molar-refractivity contribution in [3.8, 4) is 17.9 Å². The van der Waals surface area contributed by atoms with E-state index < -0.39 is 0 Å². The van der Waals surface area contributed by atoms with Gasteiger partial charge in [-0.2, -0.15) is 5.26 Å². The van der Waals surface area contributed by atoms with Gasteiger partial charge >= 0.3 is 0 Å². The first kappa shape index (κ1) is 19.8. The first-order chi connectivity index (χ1) is 13.3. The van der Waals surface area contributed by atoms with Crippen LogP contribution in [0.4, 0.5) is 0 Å². The Morgan fingerprint density at radius 1 is 0.889 bits per heavy atom. The molecule has 0 amide bonds. The van der Waals surface area contributed by atoms with E-state index in [1.807, 2.05) is 30.3 Å². The van der Waals surface area contributed by atoms with Crippen LogP contribution in [0.1, 0.15) is 82.3 Å². The normalized spacial score (nSPS) is 28.3. The van der Waals surface area contributed by atoms with Crippen molar-refractivity contribution in [3.05, 3.63) is 47.5 Å². The number of nitrogens with zero attached hydrogens (tertiary/aromatic N) is 1. The van der Waals surface area contributed by atoms with E-state index >= 15 is 0 Å². The van der Waals surface area contributed by atoms with E-state index in [2.05, 4.69) is 30.9 Å². The molecule has 0 bridgehead atoms. The molecule has 0 spiro atoms. The summed E-state index contributed by atoms with van der Waals surface area (Å²) in [4.78, 5) is 0. The summed E-state index contributed by atoms with van der Waals surface area (Å²) in [5, 5.41) is 8.82. The van der Waals surface area contributed by atoms with Crippen molar-refractivity contribution in [1.29, 1.82) is 5.26 Å². The number of allylic oxidation sites excluding steroid dienone is 2. The number of rotatable bonds is 4. The molecule has 0 saturated heterocycles. The predicted octanol–water partition coefficient (Wildman–Crippen LogP) is 6.88. The second kappa shape index (κ2) is 10.4. The van der Waals surface area contributed by atoms with Gasteiger partial charge in [-0.25, -0.2) is 0 Å². The third kappa shape index (κ3) is 6.01. The van der Waals surface area contributed by atoms with E-state index in [0.717, 1.165) is 23.3 Å². The lowest BCUT2D eigenvalue weighted by molar-refractivity contribution is 0.152. The zero-order chi connectivity index (χ0) is 18.9. The SMILES string of the molecule is CCCC1CCC(C2CCC(C=CC#Cc3ccc(C#N)cc3)CC2)CC1. The van der Waals surface area contributed by atoms with Crippen LogP contribution in [-0.4, -0.2) is 0 Å². The highest BCUT2D eigenvalue weighted by molar-refractivity contribution is 5.41. The summed E-state index contributed by atoms with van der Waals surface area (Å²) < 4.78 is 0. The molecule has 1 heteroatoms. The Bertz CT molecular complexity index is 693. The molecule has 1 aromatic rings. The van der Waals surface area contributed by atoms with Crippen molar-refractivity contribution in [2.45, 2.75) is 71.1 Å². The lowest BCUT2D eigenvalue weighted by Gasteiger charge is -2.37. The van der Waals surface area contributed by atoms with Gasteiger partial charge in [0.25, 0.3) is 0 Å². The molecule has 0 heterocycles. The van der Waals surface area contributed by atoms with Crippen molar-refractivity contribution in [3.63, 3.8) is 0 Å². The highest BCUT2D eigenvalue weighted by Crippen LogP contribution is 2.42. The number of hydrogen-bond donors (Lipinski definition) is 0. The highest BCUT2D eigenvalue weighted by Gasteiger charge is 2.29. The number of hydrogen-bond acceptors (Lipinski definition) is 1. The van der Waals surface area contributed by atoms with E-state index in [9.17, 15) is 0 Å². The summed E-state index contributed by atoms with van der Waals surface area (Å²) >= 11 is 0. The van der Waals surface area contributed by atoms with E-state index in [0.29, 0.717) is 11.5 Å². The molecular formula is C26H33N. The van der Waals surface area contributed by atoms with Gasteiger partial charge in [-0.3, -0.25) is 0 Å². The summed E-state index contributed by atoms with van der Waals surface area (Å²) in [5.41, 5.74) is 1.66. The van der Waals surface area contributed by atoms with Crippen LogP contribution >= 0.6 is 0 Å². The minimum absolute atomic E-state index is 0.687. The van der Waals surface area contributed by atoms with E-state index in [-0.39, 0.29) is 0 Å². The average Bonchev–Trinajstić information content (AvgIpc) is 2.73. The van der Waals surface area contributed by atoms with Gasteiger partial charge in [-0.1, -0.05) is 50.5 Å². The molecule has 2 saturated carbocycles. The molecule has 2 fully saturated rings. The lowest BCUT2D eigenvalue weighted by Crippen LogP contribution is -2.25. The van der Waals surface area contributed by atoms with Crippen molar-refractivity contribution < 1.29 is 0 Å². The number of benzene rings is 1. The monoisotopic (exact) mass is 359 g/mol. The molecule has 0 unspecified atom stereocenters. The molecule has 0 atom stereocenters. The first-order valence-electron chi connectivity index (χ1n) is 11.0. The van der Waals surface area contributed by atoms with Gasteiger partial charge in [0, 0.05) is 5.56 Å². The highest BCUT2D eigenvalue weighted by atomic mass is 14.3. The van der Waals surface area contributed by atoms with Crippen LogP contribution in [0.25, 0.3) is 0 Å². The Labute approximate surface area is 165 Å². The predicted molar refractivity (Wildman–Crippen MR) is 113 cm³/mol. The second-order valence-electron chi connectivity index (χ2n) is 8.56. The second-order valence-corrected chi connectivity index (χ2v) is 8.56. The molecule has 2 aliphatic carbocycles. The summed E-state index contributed by atoms with van der Waals surface area (Å²) in [6.45, 7) is 2.33. The topological polar surface area (TPSA) is 23.8 Å². The smallest absolute Gasteiger partial charge is 0.0991 e. The van der Waals surface area contributed by atoms with Crippen LogP contribution in [-0.2, 0) is 0 Å². The van der Waals surface area contributed by atoms with Crippen molar-refractivity contribution in [2.24, 2.45) is 23.7 Å². The Balaban J connectivity index is 1.40. The van der Waals surface area contributed by atoms with Gasteiger partial charge in [-0.15, -0.1) is 0 Å². The zero-order valence-electron chi connectivity index (χ0n) is 16.8. The summed E-state index contributed by atoms with van der Waals surface area (Å²) in [7, 11) is 0. The Morgan fingerprint density at radius 2 is 1.48 bits per heavy atom. The average molecular weight is 360 g/mol. The molecular weight excluding hydrogens is 326 g/mol. The van der Waals surface area contributed by atoms with Crippen LogP contribution in [0.5, 0.6) is 0 Å². The van der Waals surface area contributed by atoms with Gasteiger partial charge < -0.3 is 0 Å². The van der Waals surface area contributed by atoms with Gasteiger partial charge in [0.05, 0.1) is 11.6 Å². The molecule has 1 nitrogen and oxygen atoms in total. The summed E-state index contributed by atoms with van der Waals surface area (Å²) in [6.07, 6.45) is 18.7. The fraction of sp³-hybridized carbons (Fsp3) is 0.577. The number of nitriles is 1. The molecule has 0 N–H and O–H groups in total. The molecule has 142 valence electrons. The maximum Gasteiger partial charge on any atom is 0.0991 e. The lowest BCUT2D eigenvalue weighted by atomic mass is 9.69. The van der Waals surface area contributed by atoms with Gasteiger partial charge in [-0.05, 0) is 92.5 Å². The molecule has 3 rings (SSSR count). The van der Waals surface area contributed by atoms with Crippen LogP contribution in [0.15, 0.2) is 36.4 Å². The summed E-state index contributed by atoms with van der Waals surface area (Å²) in [5.74, 6) is 10.1. The van der Waals surface area contributed by atoms with Crippen LogP contribution in [0.3, 0.4) is 0 Å². The van der Waals surface area contributed by atoms with Crippen molar-refractivity contribution in [1.82, 2.24) is 0 Å². The minimum Gasteiger partial charge on any atom is -0.192 e. The molecule has 1 aromatic carbocycles. The quantitative estimate of drug-likeness (QED) is 0.538. The van der Waals surface area contributed by atoms with Crippen LogP contribution in [0.2, 0.25) is 0 Å². The summed E-state index contributed by atoms with van der Waals surface area (Å²) in [6, 6.07) is 9.62. The maximum atomic E-state index is 8.82. The van der Waals surface area contributed by atoms with E-state index in [1.54, 1.807) is 0 Å². The van der Waals surface area contributed by atoms with Crippen molar-refractivity contribution in [2.75, 3.05) is 0 Å². The van der Waals surface area contributed by atoms with E-state index in [4.69, 9.17) is 5.26 Å². The molecule has 27 heavy (non-hydrogen) atoms. The molecule has 0 aromatic heterocycles. The van der Waals surface area contributed by atoms with Gasteiger partial charge in [0.1, 0.15) is 0 Å². The van der Waals surface area contributed by atoms with Crippen LogP contribution < -0.4 is 0 Å². The fourth-order valence-corrected chi connectivity index (χ4v) is 5.10. The van der Waals surface area contributed by atoms with Crippen molar-refractivity contribution >= 4 is 0 Å². The molecule has 2 aliphatic rings. The van der Waals surface area contributed by atoms with Crippen LogP contribution in [0, 0.1) is 46.8 Å². The van der Waals surface area contributed by atoms with Gasteiger partial charge in [0.15, 0.2) is 0 Å². The molecule has 0 aliphatic heterocycles. The third-order valence-electron chi connectivity index (χ3n) is 6.75. The minimum atomic E-state index is 0.687. The Hall–Kier alpha value is -1.99. The largest absolute Gasteiger partial charge is 0.192 e. The zero-order valence-corrected chi connectivity index (χ0v) is 16.8. The standard InChI is InChI=1S/C26H33N/c1-2-5-21-12-16-25(17-13-21)26-18-14-23(15-19-26)7-4-3-6-22-8-10-24(20-27)11-9-22/h4,7-11,21,23,25-26H,2,5,12-19H2,1H3. The van der Waals surface area contributed by atoms with E-state index in [1.165, 1.54) is 64.2 Å². The maximum absolute atomic E-state index is 8.82. The Kier molecular flexibility index (Phi) is 7.59. The fourth-order valence-electron chi connectivity index (χ4n) is 5.10.